The van der Waals surface area contributed by atoms with Crippen molar-refractivity contribution in [2.45, 2.75) is 39.7 Å². The summed E-state index contributed by atoms with van der Waals surface area (Å²) in [5, 5.41) is 3.56. The normalized spacial score (nSPS) is 14.4. The first-order chi connectivity index (χ1) is 8.21. The summed E-state index contributed by atoms with van der Waals surface area (Å²) in [7, 11) is 1.72. The molecule has 0 saturated heterocycles. The van der Waals surface area contributed by atoms with Crippen LogP contribution >= 0.6 is 0 Å². The molecule has 0 radical (unpaired) electrons. The predicted molar refractivity (Wildman–Crippen MR) is 73.5 cm³/mol. The van der Waals surface area contributed by atoms with Crippen LogP contribution in [0, 0.1) is 5.92 Å². The van der Waals surface area contributed by atoms with E-state index >= 15 is 0 Å². The van der Waals surface area contributed by atoms with Crippen molar-refractivity contribution >= 4 is 0 Å². The van der Waals surface area contributed by atoms with Crippen LogP contribution in [0.4, 0.5) is 0 Å². The summed E-state index contributed by atoms with van der Waals surface area (Å²) in [4.78, 5) is 0. The van der Waals surface area contributed by atoms with Crippen LogP contribution in [0.1, 0.15) is 45.2 Å². The molecule has 0 aliphatic carbocycles. The summed E-state index contributed by atoms with van der Waals surface area (Å²) < 4.78 is 5.29. The Morgan fingerprint density at radius 1 is 1.29 bits per heavy atom. The van der Waals surface area contributed by atoms with Gasteiger partial charge in [0.05, 0.1) is 7.11 Å². The van der Waals surface area contributed by atoms with Gasteiger partial charge in [-0.3, -0.25) is 0 Å². The number of hydrogen-bond acceptors (Lipinski definition) is 2. The van der Waals surface area contributed by atoms with Crippen LogP contribution in [0.25, 0.3) is 0 Å². The molecule has 1 N–H and O–H groups in total. The van der Waals surface area contributed by atoms with Gasteiger partial charge in [0.25, 0.3) is 0 Å². The molecule has 0 amide bonds. The molecule has 0 fully saturated rings. The summed E-state index contributed by atoms with van der Waals surface area (Å²) in [5.74, 6) is 1.68. The highest BCUT2D eigenvalue weighted by Gasteiger charge is 2.13. The first kappa shape index (κ1) is 14.0. The summed E-state index contributed by atoms with van der Waals surface area (Å²) >= 11 is 0. The van der Waals surface area contributed by atoms with Gasteiger partial charge in [-0.1, -0.05) is 39.3 Å². The van der Waals surface area contributed by atoms with Gasteiger partial charge < -0.3 is 10.1 Å². The van der Waals surface area contributed by atoms with E-state index < -0.39 is 0 Å². The zero-order valence-corrected chi connectivity index (χ0v) is 11.5. The molecule has 0 aromatic heterocycles. The average molecular weight is 235 g/mol. The van der Waals surface area contributed by atoms with E-state index in [1.165, 1.54) is 18.4 Å². The predicted octanol–water partition coefficient (Wildman–Crippen LogP) is 3.78. The summed E-state index contributed by atoms with van der Waals surface area (Å²) in [6, 6.07) is 8.81. The quantitative estimate of drug-likeness (QED) is 0.776. The fourth-order valence-electron chi connectivity index (χ4n) is 2.01. The first-order valence-electron chi connectivity index (χ1n) is 6.58. The van der Waals surface area contributed by atoms with Crippen molar-refractivity contribution in [3.63, 3.8) is 0 Å². The molecule has 0 aliphatic heterocycles. The molecule has 0 aliphatic rings. The molecule has 17 heavy (non-hydrogen) atoms. The lowest BCUT2D eigenvalue weighted by molar-refractivity contribution is 0.399. The van der Waals surface area contributed by atoms with Crippen LogP contribution in [-0.4, -0.2) is 13.7 Å². The largest absolute Gasteiger partial charge is 0.497 e. The number of rotatable bonds is 7. The van der Waals surface area contributed by atoms with E-state index in [0.29, 0.717) is 6.04 Å². The van der Waals surface area contributed by atoms with Crippen LogP contribution in [0.3, 0.4) is 0 Å². The molecular weight excluding hydrogens is 210 g/mol. The Kier molecular flexibility index (Phi) is 6.06. The average Bonchev–Trinajstić information content (AvgIpc) is 2.38. The standard InChI is InChI=1S/C15H25NO/c1-5-12(3)10-15(16-6-2)13-8-7-9-14(11-13)17-4/h7-9,11-12,15-16H,5-6,10H2,1-4H3. The van der Waals surface area contributed by atoms with Crippen LogP contribution in [0.2, 0.25) is 0 Å². The third-order valence-electron chi connectivity index (χ3n) is 3.28. The molecule has 0 bridgehead atoms. The van der Waals surface area contributed by atoms with E-state index in [-0.39, 0.29) is 0 Å². The Hall–Kier alpha value is -1.02. The Labute approximate surface area is 105 Å². The Bertz CT molecular complexity index is 324. The minimum Gasteiger partial charge on any atom is -0.497 e. The summed E-state index contributed by atoms with van der Waals surface area (Å²) in [6.07, 6.45) is 2.41. The van der Waals surface area contributed by atoms with Gasteiger partial charge in [0.15, 0.2) is 0 Å². The van der Waals surface area contributed by atoms with Crippen molar-refractivity contribution in [2.24, 2.45) is 5.92 Å². The number of benzene rings is 1. The van der Waals surface area contributed by atoms with Gasteiger partial charge in [0.1, 0.15) is 5.75 Å². The van der Waals surface area contributed by atoms with Crippen molar-refractivity contribution in [2.75, 3.05) is 13.7 Å². The van der Waals surface area contributed by atoms with Crippen molar-refractivity contribution < 1.29 is 4.74 Å². The second-order valence-corrected chi connectivity index (χ2v) is 4.64. The molecule has 2 unspecified atom stereocenters. The van der Waals surface area contributed by atoms with Gasteiger partial charge in [0.2, 0.25) is 0 Å². The zero-order chi connectivity index (χ0) is 12.7. The van der Waals surface area contributed by atoms with Gasteiger partial charge in [-0.15, -0.1) is 0 Å². The van der Waals surface area contributed by atoms with Crippen LogP contribution in [0.15, 0.2) is 24.3 Å². The Morgan fingerprint density at radius 3 is 2.65 bits per heavy atom. The number of methoxy groups -OCH3 is 1. The Balaban J connectivity index is 2.80. The van der Waals surface area contributed by atoms with Crippen molar-refractivity contribution in [3.05, 3.63) is 29.8 Å². The van der Waals surface area contributed by atoms with E-state index in [2.05, 4.69) is 44.3 Å². The second-order valence-electron chi connectivity index (χ2n) is 4.64. The van der Waals surface area contributed by atoms with Gasteiger partial charge in [-0.2, -0.15) is 0 Å². The maximum atomic E-state index is 5.29. The minimum atomic E-state index is 0.435. The summed E-state index contributed by atoms with van der Waals surface area (Å²) in [6.45, 7) is 7.71. The van der Waals surface area contributed by atoms with Crippen LogP contribution in [0.5, 0.6) is 5.75 Å². The fraction of sp³-hybridized carbons (Fsp3) is 0.600. The highest BCUT2D eigenvalue weighted by Crippen LogP contribution is 2.25. The van der Waals surface area contributed by atoms with Crippen molar-refractivity contribution in [1.82, 2.24) is 5.32 Å². The lowest BCUT2D eigenvalue weighted by atomic mass is 9.94. The minimum absolute atomic E-state index is 0.435. The molecule has 2 nitrogen and oxygen atoms in total. The van der Waals surface area contributed by atoms with Crippen molar-refractivity contribution in [1.29, 1.82) is 0 Å². The fourth-order valence-corrected chi connectivity index (χ4v) is 2.01. The van der Waals surface area contributed by atoms with Gasteiger partial charge >= 0.3 is 0 Å². The number of hydrogen-bond donors (Lipinski definition) is 1. The zero-order valence-electron chi connectivity index (χ0n) is 11.5. The molecule has 1 aromatic carbocycles. The molecule has 0 saturated carbocycles. The molecule has 2 atom stereocenters. The second kappa shape index (κ2) is 7.33. The lowest BCUT2D eigenvalue weighted by Crippen LogP contribution is -2.22. The maximum Gasteiger partial charge on any atom is 0.119 e. The topological polar surface area (TPSA) is 21.3 Å². The van der Waals surface area contributed by atoms with E-state index in [1.54, 1.807) is 7.11 Å². The molecule has 0 heterocycles. The first-order valence-corrected chi connectivity index (χ1v) is 6.58. The highest BCUT2D eigenvalue weighted by atomic mass is 16.5. The SMILES string of the molecule is CCNC(CC(C)CC)c1cccc(OC)c1. The third kappa shape index (κ3) is 4.39. The Morgan fingerprint density at radius 2 is 2.06 bits per heavy atom. The van der Waals surface area contributed by atoms with Crippen molar-refractivity contribution in [3.8, 4) is 5.75 Å². The van der Waals surface area contributed by atoms with Crippen LogP contribution < -0.4 is 10.1 Å². The monoisotopic (exact) mass is 235 g/mol. The highest BCUT2D eigenvalue weighted by molar-refractivity contribution is 5.30. The molecule has 1 aromatic rings. The maximum absolute atomic E-state index is 5.29. The number of nitrogens with one attached hydrogen (secondary N) is 1. The van der Waals surface area contributed by atoms with E-state index in [4.69, 9.17) is 4.74 Å². The van der Waals surface area contributed by atoms with E-state index in [1.807, 2.05) is 6.07 Å². The molecule has 1 rings (SSSR count). The third-order valence-corrected chi connectivity index (χ3v) is 3.28. The molecule has 2 heteroatoms. The van der Waals surface area contributed by atoms with E-state index in [9.17, 15) is 0 Å². The van der Waals surface area contributed by atoms with Gasteiger partial charge in [-0.05, 0) is 36.6 Å². The van der Waals surface area contributed by atoms with Gasteiger partial charge in [0, 0.05) is 6.04 Å². The summed E-state index contributed by atoms with van der Waals surface area (Å²) in [5.41, 5.74) is 1.33. The molecule has 96 valence electrons. The smallest absolute Gasteiger partial charge is 0.119 e. The lowest BCUT2D eigenvalue weighted by Gasteiger charge is -2.22. The van der Waals surface area contributed by atoms with Gasteiger partial charge in [-0.25, -0.2) is 0 Å². The molecule has 0 spiro atoms. The molecular formula is C15H25NO. The number of ether oxygens (including phenoxy) is 1. The van der Waals surface area contributed by atoms with E-state index in [0.717, 1.165) is 18.2 Å². The van der Waals surface area contributed by atoms with Crippen LogP contribution in [-0.2, 0) is 0 Å².